The molecule has 0 amide bonds. The van der Waals surface area contributed by atoms with Crippen LogP contribution >= 0.6 is 0 Å². The Kier molecular flexibility index (Phi) is 41.4. The molecule has 0 aromatic heterocycles. The van der Waals surface area contributed by atoms with Crippen LogP contribution in [0.4, 0.5) is 0 Å². The molecule has 1 rings (SSSR count). The predicted molar refractivity (Wildman–Crippen MR) is 265 cm³/mol. The van der Waals surface area contributed by atoms with Crippen molar-refractivity contribution in [2.75, 3.05) is 65.8 Å². The van der Waals surface area contributed by atoms with Gasteiger partial charge in [0.2, 0.25) is 0 Å². The second-order valence-electron chi connectivity index (χ2n) is 19.3. The summed E-state index contributed by atoms with van der Waals surface area (Å²) in [6.07, 6.45) is 32.4. The van der Waals surface area contributed by atoms with Gasteiger partial charge in [0.25, 0.3) is 0 Å². The van der Waals surface area contributed by atoms with Crippen LogP contribution in [0.3, 0.4) is 0 Å². The maximum atomic E-state index is 12.6. The molecule has 0 aromatic rings. The average molecular weight is 923 g/mol. The van der Waals surface area contributed by atoms with E-state index in [1.807, 2.05) is 0 Å². The van der Waals surface area contributed by atoms with Crippen molar-refractivity contribution >= 4 is 23.9 Å². The zero-order valence-electron chi connectivity index (χ0n) is 42.7. The van der Waals surface area contributed by atoms with Gasteiger partial charge in [0.05, 0.1) is 33.0 Å². The van der Waals surface area contributed by atoms with Gasteiger partial charge in [0, 0.05) is 63.2 Å². The number of aliphatic hydroxyl groups is 1. The van der Waals surface area contributed by atoms with Crippen molar-refractivity contribution < 1.29 is 43.2 Å². The molecule has 0 saturated heterocycles. The first-order valence-electron chi connectivity index (χ1n) is 27.5. The first-order valence-corrected chi connectivity index (χ1v) is 27.5. The van der Waals surface area contributed by atoms with Gasteiger partial charge in [-0.2, -0.15) is 0 Å². The van der Waals surface area contributed by atoms with E-state index in [9.17, 15) is 24.3 Å². The molecule has 11 heteroatoms. The Balaban J connectivity index is 2.85. The SMILES string of the molecule is CCCCCCCC(=O)OCC(CCCCN(CCCCC(COC(=O)CCCCCCC)COC(=O)CCCCCCC)CCN(CCO)C1CCC1)COC(=O)CCCCCCC. The van der Waals surface area contributed by atoms with Crippen molar-refractivity contribution in [2.45, 2.75) is 246 Å². The lowest BCUT2D eigenvalue weighted by atomic mass is 9.91. The van der Waals surface area contributed by atoms with Crippen LogP contribution in [0.1, 0.15) is 240 Å². The van der Waals surface area contributed by atoms with Crippen LogP contribution in [0.15, 0.2) is 0 Å². The number of rotatable bonds is 48. The number of ether oxygens (including phenoxy) is 4. The van der Waals surface area contributed by atoms with E-state index in [0.29, 0.717) is 38.3 Å². The normalized spacial score (nSPS) is 12.9. The second-order valence-corrected chi connectivity index (χ2v) is 19.3. The van der Waals surface area contributed by atoms with Gasteiger partial charge in [-0.15, -0.1) is 0 Å². The molecule has 382 valence electrons. The van der Waals surface area contributed by atoms with Gasteiger partial charge >= 0.3 is 23.9 Å². The Morgan fingerprint density at radius 3 is 1.06 bits per heavy atom. The van der Waals surface area contributed by atoms with Crippen molar-refractivity contribution in [1.82, 2.24) is 9.80 Å². The van der Waals surface area contributed by atoms with Gasteiger partial charge in [-0.1, -0.05) is 150 Å². The number of nitrogens with zero attached hydrogens (tertiary/aromatic N) is 2. The summed E-state index contributed by atoms with van der Waals surface area (Å²) < 4.78 is 23.0. The Hall–Kier alpha value is -2.24. The first-order chi connectivity index (χ1) is 31.8. The van der Waals surface area contributed by atoms with E-state index in [1.54, 1.807) is 0 Å². The topological polar surface area (TPSA) is 132 Å². The van der Waals surface area contributed by atoms with Crippen LogP contribution in [0.5, 0.6) is 0 Å². The molecule has 1 fully saturated rings. The van der Waals surface area contributed by atoms with Crippen molar-refractivity contribution in [3.05, 3.63) is 0 Å². The minimum absolute atomic E-state index is 0.0301. The summed E-state index contributed by atoms with van der Waals surface area (Å²) in [6, 6.07) is 0.557. The third kappa shape index (κ3) is 36.5. The van der Waals surface area contributed by atoms with E-state index in [2.05, 4.69) is 37.5 Å². The lowest BCUT2D eigenvalue weighted by molar-refractivity contribution is -0.151. The van der Waals surface area contributed by atoms with E-state index in [0.717, 1.165) is 142 Å². The highest BCUT2D eigenvalue weighted by Gasteiger charge is 2.25. The molecule has 11 nitrogen and oxygen atoms in total. The third-order valence-corrected chi connectivity index (χ3v) is 13.2. The van der Waals surface area contributed by atoms with Crippen molar-refractivity contribution in [1.29, 1.82) is 0 Å². The molecular weight excluding hydrogens is 821 g/mol. The Bertz CT molecular complexity index is 1000. The average Bonchev–Trinajstić information content (AvgIpc) is 3.28. The Morgan fingerprint density at radius 1 is 0.431 bits per heavy atom. The molecule has 1 aliphatic rings. The lowest BCUT2D eigenvalue weighted by Crippen LogP contribution is -2.45. The molecule has 1 N–H and O–H groups in total. The van der Waals surface area contributed by atoms with Crippen LogP contribution in [0.25, 0.3) is 0 Å². The third-order valence-electron chi connectivity index (χ3n) is 13.2. The second kappa shape index (κ2) is 44.3. The fourth-order valence-electron chi connectivity index (χ4n) is 8.55. The van der Waals surface area contributed by atoms with E-state index >= 15 is 0 Å². The molecular formula is C54H102N2O9. The Labute approximate surface area is 398 Å². The van der Waals surface area contributed by atoms with Gasteiger partial charge in [0.1, 0.15) is 0 Å². The monoisotopic (exact) mass is 923 g/mol. The van der Waals surface area contributed by atoms with Crippen molar-refractivity contribution in [3.8, 4) is 0 Å². The molecule has 1 saturated carbocycles. The molecule has 0 aliphatic heterocycles. The highest BCUT2D eigenvalue weighted by atomic mass is 16.6. The summed E-state index contributed by atoms with van der Waals surface area (Å²) in [4.78, 5) is 55.6. The zero-order valence-corrected chi connectivity index (χ0v) is 42.7. The first kappa shape index (κ1) is 60.8. The standard InChI is InChI=1S/C54H102N2O9/c1-5-9-13-17-21-34-51(58)62-44-48(45-63-52(59)35-22-18-14-10-6-2)30-25-27-38-55(40-41-56(42-43-57)50-32-29-33-50)39-28-26-31-49(46-64-53(60)36-23-19-15-11-7-3)47-65-54(61)37-24-20-16-12-8-4/h48-50,57H,5-47H2,1-4H3. The molecule has 0 heterocycles. The summed E-state index contributed by atoms with van der Waals surface area (Å²) in [7, 11) is 0. The van der Waals surface area contributed by atoms with E-state index in [4.69, 9.17) is 18.9 Å². The maximum absolute atomic E-state index is 12.6. The van der Waals surface area contributed by atoms with Crippen LogP contribution in [-0.2, 0) is 38.1 Å². The fraction of sp³-hybridized carbons (Fsp3) is 0.926. The Morgan fingerprint density at radius 2 is 0.769 bits per heavy atom. The van der Waals surface area contributed by atoms with Gasteiger partial charge in [0.15, 0.2) is 0 Å². The van der Waals surface area contributed by atoms with Gasteiger partial charge in [-0.05, 0) is 77.3 Å². The molecule has 0 unspecified atom stereocenters. The quantitative estimate of drug-likeness (QED) is 0.0355. The summed E-state index contributed by atoms with van der Waals surface area (Å²) in [6.45, 7) is 14.4. The molecule has 0 bridgehead atoms. The highest BCUT2D eigenvalue weighted by Crippen LogP contribution is 2.24. The number of hydrogen-bond donors (Lipinski definition) is 1. The lowest BCUT2D eigenvalue weighted by Gasteiger charge is -2.38. The van der Waals surface area contributed by atoms with Crippen LogP contribution in [-0.4, -0.2) is 111 Å². The molecule has 0 atom stereocenters. The number of carbonyl (C=O) groups is 4. The van der Waals surface area contributed by atoms with Gasteiger partial charge in [-0.25, -0.2) is 0 Å². The van der Waals surface area contributed by atoms with Gasteiger partial charge in [-0.3, -0.25) is 24.1 Å². The van der Waals surface area contributed by atoms with E-state index in [1.165, 1.54) is 70.6 Å². The molecule has 65 heavy (non-hydrogen) atoms. The summed E-state index contributed by atoms with van der Waals surface area (Å²) >= 11 is 0. The summed E-state index contributed by atoms with van der Waals surface area (Å²) in [5.41, 5.74) is 0. The van der Waals surface area contributed by atoms with Crippen LogP contribution in [0, 0.1) is 11.8 Å². The van der Waals surface area contributed by atoms with E-state index in [-0.39, 0.29) is 68.7 Å². The molecule has 0 radical (unpaired) electrons. The fourth-order valence-corrected chi connectivity index (χ4v) is 8.55. The smallest absolute Gasteiger partial charge is 0.305 e. The zero-order chi connectivity index (χ0) is 47.4. The van der Waals surface area contributed by atoms with E-state index < -0.39 is 0 Å². The minimum atomic E-state index is -0.159. The predicted octanol–water partition coefficient (Wildman–Crippen LogP) is 12.3. The summed E-state index contributed by atoms with van der Waals surface area (Å²) in [5.74, 6) is -0.697. The number of esters is 4. The molecule has 0 spiro atoms. The van der Waals surface area contributed by atoms with Crippen LogP contribution in [0.2, 0.25) is 0 Å². The molecule has 1 aliphatic carbocycles. The highest BCUT2D eigenvalue weighted by molar-refractivity contribution is 5.70. The number of unbranched alkanes of at least 4 members (excludes halogenated alkanes) is 18. The van der Waals surface area contributed by atoms with Gasteiger partial charge < -0.3 is 29.0 Å². The minimum Gasteiger partial charge on any atom is -0.465 e. The molecule has 0 aromatic carbocycles. The largest absolute Gasteiger partial charge is 0.465 e. The number of carbonyl (C=O) groups excluding carboxylic acids is 4. The van der Waals surface area contributed by atoms with Crippen molar-refractivity contribution in [3.63, 3.8) is 0 Å². The maximum Gasteiger partial charge on any atom is 0.305 e. The number of aliphatic hydroxyl groups excluding tert-OH is 1. The summed E-state index contributed by atoms with van der Waals surface area (Å²) in [5, 5.41) is 9.85. The number of hydrogen-bond acceptors (Lipinski definition) is 11. The van der Waals surface area contributed by atoms with Crippen molar-refractivity contribution in [2.24, 2.45) is 11.8 Å². The van der Waals surface area contributed by atoms with Crippen LogP contribution < -0.4 is 0 Å².